The van der Waals surface area contributed by atoms with Gasteiger partial charge in [0.1, 0.15) is 10.7 Å². The van der Waals surface area contributed by atoms with Gasteiger partial charge in [0, 0.05) is 18.1 Å². The van der Waals surface area contributed by atoms with E-state index in [4.69, 9.17) is 0 Å². The maximum absolute atomic E-state index is 12.4. The molecule has 0 aliphatic carbocycles. The maximum atomic E-state index is 12.4. The standard InChI is InChI=1S/C15H14N6O3S2/c1-2-13-19-20-15(25-13)21-26(23,24)11-5-3-10(4-6-11)18-14(22)12-9-16-7-8-17-12/h3-9H,2H2,1H3,(H,18,22)(H,20,21). The van der Waals surface area contributed by atoms with Crippen LogP contribution < -0.4 is 10.0 Å². The molecule has 2 N–H and O–H groups in total. The van der Waals surface area contributed by atoms with Gasteiger partial charge in [0.25, 0.3) is 15.9 Å². The smallest absolute Gasteiger partial charge is 0.275 e. The van der Waals surface area contributed by atoms with E-state index < -0.39 is 15.9 Å². The van der Waals surface area contributed by atoms with Crippen LogP contribution >= 0.6 is 11.3 Å². The van der Waals surface area contributed by atoms with E-state index in [1.54, 1.807) is 0 Å². The topological polar surface area (TPSA) is 127 Å². The number of nitrogens with zero attached hydrogens (tertiary/aromatic N) is 4. The third-order valence-electron chi connectivity index (χ3n) is 3.21. The molecule has 0 aliphatic rings. The zero-order valence-electron chi connectivity index (χ0n) is 13.6. The molecule has 0 aliphatic heterocycles. The second-order valence-corrected chi connectivity index (χ2v) is 7.77. The number of nitrogens with one attached hydrogen (secondary N) is 2. The summed E-state index contributed by atoms with van der Waals surface area (Å²) in [4.78, 5) is 19.8. The fourth-order valence-corrected chi connectivity index (χ4v) is 3.85. The zero-order chi connectivity index (χ0) is 18.6. The number of sulfonamides is 1. The predicted octanol–water partition coefficient (Wildman–Crippen LogP) is 1.94. The molecule has 0 radical (unpaired) electrons. The van der Waals surface area contributed by atoms with Crippen LogP contribution in [0.25, 0.3) is 0 Å². The molecule has 0 bridgehead atoms. The molecule has 0 saturated heterocycles. The molecule has 26 heavy (non-hydrogen) atoms. The second-order valence-electron chi connectivity index (χ2n) is 5.03. The molecule has 3 aromatic rings. The van der Waals surface area contributed by atoms with E-state index in [0.29, 0.717) is 12.1 Å². The van der Waals surface area contributed by atoms with Gasteiger partial charge in [-0.25, -0.2) is 13.4 Å². The van der Waals surface area contributed by atoms with Crippen molar-refractivity contribution in [2.24, 2.45) is 0 Å². The summed E-state index contributed by atoms with van der Waals surface area (Å²) in [6.45, 7) is 1.91. The summed E-state index contributed by atoms with van der Waals surface area (Å²) >= 11 is 1.18. The highest BCUT2D eigenvalue weighted by molar-refractivity contribution is 7.93. The van der Waals surface area contributed by atoms with Crippen LogP contribution in [0.5, 0.6) is 0 Å². The number of carbonyl (C=O) groups excluding carboxylic acids is 1. The zero-order valence-corrected chi connectivity index (χ0v) is 15.2. The number of carbonyl (C=O) groups is 1. The summed E-state index contributed by atoms with van der Waals surface area (Å²) in [7, 11) is -3.78. The van der Waals surface area contributed by atoms with Gasteiger partial charge in [0.05, 0.1) is 11.1 Å². The Labute approximate surface area is 153 Å². The van der Waals surface area contributed by atoms with E-state index in [1.807, 2.05) is 6.92 Å². The fraction of sp³-hybridized carbons (Fsp3) is 0.133. The van der Waals surface area contributed by atoms with E-state index in [0.717, 1.165) is 5.01 Å². The Kier molecular flexibility index (Phi) is 5.19. The lowest BCUT2D eigenvalue weighted by atomic mass is 10.3. The SMILES string of the molecule is CCc1nnc(NS(=O)(=O)c2ccc(NC(=O)c3cnccn3)cc2)s1. The Morgan fingerprint density at radius 2 is 1.92 bits per heavy atom. The minimum absolute atomic E-state index is 0.0447. The quantitative estimate of drug-likeness (QED) is 0.658. The van der Waals surface area contributed by atoms with Crippen LogP contribution in [0.3, 0.4) is 0 Å². The van der Waals surface area contributed by atoms with Gasteiger partial charge >= 0.3 is 0 Å². The highest BCUT2D eigenvalue weighted by Gasteiger charge is 2.17. The summed E-state index contributed by atoms with van der Waals surface area (Å²) < 4.78 is 27.1. The maximum Gasteiger partial charge on any atom is 0.275 e. The van der Waals surface area contributed by atoms with Crippen molar-refractivity contribution in [3.63, 3.8) is 0 Å². The summed E-state index contributed by atoms with van der Waals surface area (Å²) in [5, 5.41) is 11.2. The molecule has 134 valence electrons. The van der Waals surface area contributed by atoms with Crippen molar-refractivity contribution in [1.82, 2.24) is 20.2 Å². The Hall–Kier alpha value is -2.92. The van der Waals surface area contributed by atoms with E-state index in [-0.39, 0.29) is 15.7 Å². The molecule has 2 aromatic heterocycles. The normalized spacial score (nSPS) is 11.1. The largest absolute Gasteiger partial charge is 0.321 e. The minimum atomic E-state index is -3.78. The highest BCUT2D eigenvalue weighted by Crippen LogP contribution is 2.21. The van der Waals surface area contributed by atoms with Crippen molar-refractivity contribution in [3.05, 3.63) is 53.6 Å². The molecule has 2 heterocycles. The number of benzene rings is 1. The Morgan fingerprint density at radius 3 is 2.54 bits per heavy atom. The molecule has 0 saturated carbocycles. The molecular weight excluding hydrogens is 376 g/mol. The van der Waals surface area contributed by atoms with Crippen molar-refractivity contribution in [2.75, 3.05) is 10.0 Å². The van der Waals surface area contributed by atoms with E-state index in [9.17, 15) is 13.2 Å². The monoisotopic (exact) mass is 390 g/mol. The van der Waals surface area contributed by atoms with Crippen LogP contribution in [-0.4, -0.2) is 34.5 Å². The molecule has 11 heteroatoms. The lowest BCUT2D eigenvalue weighted by Crippen LogP contribution is -2.15. The lowest BCUT2D eigenvalue weighted by Gasteiger charge is -2.07. The summed E-state index contributed by atoms with van der Waals surface area (Å²) in [6.07, 6.45) is 4.89. The molecule has 1 aromatic carbocycles. The Balaban J connectivity index is 1.71. The molecule has 3 rings (SSSR count). The Morgan fingerprint density at radius 1 is 1.15 bits per heavy atom. The van der Waals surface area contributed by atoms with Crippen molar-refractivity contribution in [1.29, 1.82) is 0 Å². The van der Waals surface area contributed by atoms with Gasteiger partial charge in [-0.2, -0.15) is 0 Å². The van der Waals surface area contributed by atoms with Gasteiger partial charge in [-0.1, -0.05) is 18.3 Å². The molecule has 1 amide bonds. The molecule has 9 nitrogen and oxygen atoms in total. The number of amides is 1. The first-order valence-corrected chi connectivity index (χ1v) is 9.80. The van der Waals surface area contributed by atoms with Crippen LogP contribution in [0.2, 0.25) is 0 Å². The van der Waals surface area contributed by atoms with Crippen molar-refractivity contribution >= 4 is 38.1 Å². The second kappa shape index (κ2) is 7.54. The third-order valence-corrected chi connectivity index (χ3v) is 5.68. The van der Waals surface area contributed by atoms with Crippen molar-refractivity contribution in [3.8, 4) is 0 Å². The average Bonchev–Trinajstić information content (AvgIpc) is 3.10. The van der Waals surface area contributed by atoms with Gasteiger partial charge < -0.3 is 5.32 Å². The van der Waals surface area contributed by atoms with Gasteiger partial charge in [-0.3, -0.25) is 14.5 Å². The van der Waals surface area contributed by atoms with Crippen LogP contribution in [-0.2, 0) is 16.4 Å². The van der Waals surface area contributed by atoms with Crippen LogP contribution in [0.1, 0.15) is 22.4 Å². The van der Waals surface area contributed by atoms with E-state index >= 15 is 0 Å². The molecule has 0 unspecified atom stereocenters. The minimum Gasteiger partial charge on any atom is -0.321 e. The van der Waals surface area contributed by atoms with Gasteiger partial charge in [-0.15, -0.1) is 10.2 Å². The number of hydrogen-bond acceptors (Lipinski definition) is 8. The molecular formula is C15H14N6O3S2. The van der Waals surface area contributed by atoms with Crippen LogP contribution in [0.4, 0.5) is 10.8 Å². The first-order chi connectivity index (χ1) is 12.5. The van der Waals surface area contributed by atoms with Gasteiger partial charge in [0.15, 0.2) is 0 Å². The van der Waals surface area contributed by atoms with E-state index in [2.05, 4.69) is 30.2 Å². The number of aryl methyl sites for hydroxylation is 1. The summed E-state index contributed by atoms with van der Waals surface area (Å²) in [6, 6.07) is 5.74. The number of aromatic nitrogens is 4. The fourth-order valence-electron chi connectivity index (χ4n) is 1.94. The third kappa shape index (κ3) is 4.18. The molecule has 0 spiro atoms. The van der Waals surface area contributed by atoms with Crippen molar-refractivity contribution in [2.45, 2.75) is 18.2 Å². The van der Waals surface area contributed by atoms with Crippen LogP contribution in [0, 0.1) is 0 Å². The number of hydrogen-bond donors (Lipinski definition) is 2. The summed E-state index contributed by atoms with van der Waals surface area (Å²) in [5.74, 6) is -0.437. The van der Waals surface area contributed by atoms with Crippen molar-refractivity contribution < 1.29 is 13.2 Å². The highest BCUT2D eigenvalue weighted by atomic mass is 32.2. The summed E-state index contributed by atoms with van der Waals surface area (Å²) in [5.41, 5.74) is 0.595. The van der Waals surface area contributed by atoms with Gasteiger partial charge in [0.2, 0.25) is 5.13 Å². The Bertz CT molecular complexity index is 1000. The van der Waals surface area contributed by atoms with E-state index in [1.165, 1.54) is 54.2 Å². The average molecular weight is 390 g/mol. The molecule has 0 atom stereocenters. The first kappa shape index (κ1) is 17.9. The van der Waals surface area contributed by atoms with Crippen LogP contribution in [0.15, 0.2) is 47.8 Å². The van der Waals surface area contributed by atoms with Gasteiger partial charge in [-0.05, 0) is 30.7 Å². The number of anilines is 2. The molecule has 0 fully saturated rings. The lowest BCUT2D eigenvalue weighted by molar-refractivity contribution is 0.102. The first-order valence-electron chi connectivity index (χ1n) is 7.50. The number of rotatable bonds is 6. The predicted molar refractivity (Wildman–Crippen MR) is 96.5 cm³/mol.